The summed E-state index contributed by atoms with van der Waals surface area (Å²) in [4.78, 5) is 10.7. The van der Waals surface area contributed by atoms with Crippen LogP contribution in [0.1, 0.15) is 21.5 Å². The number of benzene rings is 1. The van der Waals surface area contributed by atoms with E-state index < -0.39 is 28.3 Å². The van der Waals surface area contributed by atoms with Crippen LogP contribution in [0.25, 0.3) is 0 Å². The zero-order valence-corrected chi connectivity index (χ0v) is 9.48. The fourth-order valence-corrected chi connectivity index (χ4v) is 1.41. The Morgan fingerprint density at radius 3 is 2.41 bits per heavy atom. The lowest BCUT2D eigenvalue weighted by atomic mass is 10.0. The maximum atomic E-state index is 12.6. The summed E-state index contributed by atoms with van der Waals surface area (Å²) in [6.45, 7) is 0. The molecule has 3 nitrogen and oxygen atoms in total. The molecule has 0 atom stereocenters. The van der Waals surface area contributed by atoms with E-state index in [1.165, 1.54) is 0 Å². The van der Waals surface area contributed by atoms with E-state index >= 15 is 0 Å². The number of methoxy groups -OCH3 is 1. The Bertz CT molecular complexity index is 471. The standard InChI is InChI=1S/C10H8F3NO2S/c1-16-9(15)5-2-3-7(10(11,12)13)6(4-5)8(14)17/h2-4H,1H3,(H2,14,17). The summed E-state index contributed by atoms with van der Waals surface area (Å²) >= 11 is 4.53. The van der Waals surface area contributed by atoms with E-state index in [2.05, 4.69) is 17.0 Å². The smallest absolute Gasteiger partial charge is 0.417 e. The molecule has 0 fully saturated rings. The van der Waals surface area contributed by atoms with Gasteiger partial charge in [0.1, 0.15) is 4.99 Å². The second kappa shape index (κ2) is 4.70. The van der Waals surface area contributed by atoms with Crippen LogP contribution in [-0.4, -0.2) is 18.1 Å². The molecule has 17 heavy (non-hydrogen) atoms. The van der Waals surface area contributed by atoms with Gasteiger partial charge in [0.15, 0.2) is 0 Å². The molecule has 7 heteroatoms. The zero-order valence-electron chi connectivity index (χ0n) is 8.67. The Hall–Kier alpha value is -1.63. The molecule has 0 bridgehead atoms. The van der Waals surface area contributed by atoms with Crippen LogP contribution in [0.4, 0.5) is 13.2 Å². The average molecular weight is 263 g/mol. The summed E-state index contributed by atoms with van der Waals surface area (Å²) in [5.74, 6) is -0.753. The third-order valence-electron chi connectivity index (χ3n) is 2.01. The Kier molecular flexibility index (Phi) is 3.72. The molecule has 0 radical (unpaired) electrons. The molecule has 0 aliphatic carbocycles. The van der Waals surface area contributed by atoms with Crippen LogP contribution < -0.4 is 5.73 Å². The number of hydrogen-bond acceptors (Lipinski definition) is 3. The van der Waals surface area contributed by atoms with Crippen LogP contribution in [0, 0.1) is 0 Å². The summed E-state index contributed by atoms with van der Waals surface area (Å²) in [7, 11) is 1.13. The van der Waals surface area contributed by atoms with Crippen molar-refractivity contribution < 1.29 is 22.7 Å². The first kappa shape index (κ1) is 13.4. The van der Waals surface area contributed by atoms with Crippen LogP contribution in [0.5, 0.6) is 0 Å². The molecule has 0 unspecified atom stereocenters. The number of nitrogens with two attached hydrogens (primary N) is 1. The van der Waals surface area contributed by atoms with Gasteiger partial charge in [0, 0.05) is 5.56 Å². The molecular weight excluding hydrogens is 255 g/mol. The number of thiocarbonyl (C=S) groups is 1. The number of alkyl halides is 3. The monoisotopic (exact) mass is 263 g/mol. The van der Waals surface area contributed by atoms with E-state index in [4.69, 9.17) is 5.73 Å². The second-order valence-electron chi connectivity index (χ2n) is 3.11. The predicted molar refractivity (Wildman–Crippen MR) is 58.7 cm³/mol. The van der Waals surface area contributed by atoms with Gasteiger partial charge in [-0.15, -0.1) is 0 Å². The van der Waals surface area contributed by atoms with Crippen LogP contribution in [0.2, 0.25) is 0 Å². The molecule has 1 rings (SSSR count). The highest BCUT2D eigenvalue weighted by atomic mass is 32.1. The van der Waals surface area contributed by atoms with Crippen molar-refractivity contribution >= 4 is 23.2 Å². The molecule has 0 saturated heterocycles. The van der Waals surface area contributed by atoms with Gasteiger partial charge in [-0.3, -0.25) is 0 Å². The van der Waals surface area contributed by atoms with Crippen molar-refractivity contribution in [2.75, 3.05) is 7.11 Å². The fraction of sp³-hybridized carbons (Fsp3) is 0.200. The highest BCUT2D eigenvalue weighted by Gasteiger charge is 2.34. The van der Waals surface area contributed by atoms with Gasteiger partial charge in [-0.25, -0.2) is 4.79 Å². The number of ether oxygens (including phenoxy) is 1. The minimum absolute atomic E-state index is 0.0386. The average Bonchev–Trinajstić information content (AvgIpc) is 2.25. The molecule has 1 aromatic rings. The molecule has 92 valence electrons. The van der Waals surface area contributed by atoms with E-state index in [-0.39, 0.29) is 5.56 Å². The normalized spacial score (nSPS) is 11.1. The van der Waals surface area contributed by atoms with E-state index in [0.717, 1.165) is 25.3 Å². The van der Waals surface area contributed by atoms with Gasteiger partial charge in [0.25, 0.3) is 0 Å². The van der Waals surface area contributed by atoms with Crippen molar-refractivity contribution in [3.8, 4) is 0 Å². The lowest BCUT2D eigenvalue weighted by molar-refractivity contribution is -0.137. The fourth-order valence-electron chi connectivity index (χ4n) is 1.24. The maximum absolute atomic E-state index is 12.6. The van der Waals surface area contributed by atoms with Gasteiger partial charge in [-0.2, -0.15) is 13.2 Å². The number of carbonyl (C=O) groups excluding carboxylic acids is 1. The van der Waals surface area contributed by atoms with Crippen molar-refractivity contribution in [2.45, 2.75) is 6.18 Å². The van der Waals surface area contributed by atoms with Crippen molar-refractivity contribution in [2.24, 2.45) is 5.73 Å². The van der Waals surface area contributed by atoms with E-state index in [9.17, 15) is 18.0 Å². The quantitative estimate of drug-likeness (QED) is 0.656. The SMILES string of the molecule is COC(=O)c1ccc(C(F)(F)F)c(C(N)=S)c1. The lowest BCUT2D eigenvalue weighted by Crippen LogP contribution is -2.19. The Labute approximate surface area is 100 Å². The van der Waals surface area contributed by atoms with Gasteiger partial charge >= 0.3 is 12.1 Å². The molecule has 0 saturated carbocycles. The lowest BCUT2D eigenvalue weighted by Gasteiger charge is -2.12. The van der Waals surface area contributed by atoms with Crippen molar-refractivity contribution in [1.29, 1.82) is 0 Å². The highest BCUT2D eigenvalue weighted by molar-refractivity contribution is 7.80. The molecule has 0 spiro atoms. The van der Waals surface area contributed by atoms with E-state index in [1.807, 2.05) is 0 Å². The van der Waals surface area contributed by atoms with Gasteiger partial charge in [-0.05, 0) is 18.2 Å². The van der Waals surface area contributed by atoms with Crippen LogP contribution in [-0.2, 0) is 10.9 Å². The highest BCUT2D eigenvalue weighted by Crippen LogP contribution is 2.32. The Balaban J connectivity index is 3.37. The number of rotatable bonds is 2. The summed E-state index contributed by atoms with van der Waals surface area (Å²) in [6, 6.07) is 2.73. The maximum Gasteiger partial charge on any atom is 0.417 e. The summed E-state index contributed by atoms with van der Waals surface area (Å²) in [5.41, 5.74) is 3.79. The van der Waals surface area contributed by atoms with Crippen LogP contribution in [0.15, 0.2) is 18.2 Å². The van der Waals surface area contributed by atoms with Crippen LogP contribution in [0.3, 0.4) is 0 Å². The molecular formula is C10H8F3NO2S. The first-order chi connectivity index (χ1) is 7.77. The van der Waals surface area contributed by atoms with Crippen molar-refractivity contribution in [1.82, 2.24) is 0 Å². The van der Waals surface area contributed by atoms with Gasteiger partial charge in [0.2, 0.25) is 0 Å². The van der Waals surface area contributed by atoms with Gasteiger partial charge < -0.3 is 10.5 Å². The minimum atomic E-state index is -4.58. The minimum Gasteiger partial charge on any atom is -0.465 e. The molecule has 2 N–H and O–H groups in total. The Morgan fingerprint density at radius 1 is 1.41 bits per heavy atom. The molecule has 0 aliphatic heterocycles. The first-order valence-corrected chi connectivity index (χ1v) is 4.77. The van der Waals surface area contributed by atoms with Gasteiger partial charge in [0.05, 0.1) is 18.2 Å². The number of esters is 1. The third kappa shape index (κ3) is 2.94. The summed E-state index contributed by atoms with van der Waals surface area (Å²) in [5, 5.41) is 0. The molecule has 0 amide bonds. The molecule has 0 aliphatic rings. The van der Waals surface area contributed by atoms with Crippen molar-refractivity contribution in [3.05, 3.63) is 34.9 Å². The molecule has 0 aromatic heterocycles. The van der Waals surface area contributed by atoms with Gasteiger partial charge in [-0.1, -0.05) is 12.2 Å². The number of halogens is 3. The first-order valence-electron chi connectivity index (χ1n) is 4.36. The second-order valence-corrected chi connectivity index (χ2v) is 3.55. The number of carbonyl (C=O) groups is 1. The topological polar surface area (TPSA) is 52.3 Å². The van der Waals surface area contributed by atoms with E-state index in [1.54, 1.807) is 0 Å². The van der Waals surface area contributed by atoms with Crippen LogP contribution >= 0.6 is 12.2 Å². The number of hydrogen-bond donors (Lipinski definition) is 1. The summed E-state index contributed by atoms with van der Waals surface area (Å²) < 4.78 is 42.2. The molecule has 1 aromatic carbocycles. The van der Waals surface area contributed by atoms with Crippen molar-refractivity contribution in [3.63, 3.8) is 0 Å². The molecule has 0 heterocycles. The largest absolute Gasteiger partial charge is 0.465 e. The predicted octanol–water partition coefficient (Wildman–Crippen LogP) is 2.13. The zero-order chi connectivity index (χ0) is 13.2. The third-order valence-corrected chi connectivity index (χ3v) is 2.23. The Morgan fingerprint density at radius 2 is 2.00 bits per heavy atom. The van der Waals surface area contributed by atoms with E-state index in [0.29, 0.717) is 0 Å². The summed E-state index contributed by atoms with van der Waals surface area (Å²) in [6.07, 6.45) is -4.58.